The zero-order valence-electron chi connectivity index (χ0n) is 14.3. The van der Waals surface area contributed by atoms with Crippen molar-refractivity contribution in [2.24, 2.45) is 0 Å². The fourth-order valence-corrected chi connectivity index (χ4v) is 2.99. The number of nitriles is 1. The van der Waals surface area contributed by atoms with Gasteiger partial charge in [0.25, 0.3) is 0 Å². The van der Waals surface area contributed by atoms with E-state index in [1.54, 1.807) is 0 Å². The van der Waals surface area contributed by atoms with Crippen molar-refractivity contribution in [2.75, 3.05) is 23.7 Å². The molecular formula is C19H24N4. The van der Waals surface area contributed by atoms with Gasteiger partial charge in [0.05, 0.1) is 0 Å². The summed E-state index contributed by atoms with van der Waals surface area (Å²) in [5.41, 5.74) is 11.6. The summed E-state index contributed by atoms with van der Waals surface area (Å²) in [5, 5.41) is 9.49. The van der Waals surface area contributed by atoms with Gasteiger partial charge in [0.1, 0.15) is 17.5 Å². The molecule has 0 atom stereocenters. The molecule has 1 aromatic heterocycles. The number of benzene rings is 1. The minimum Gasteiger partial charge on any atom is -0.383 e. The number of nitrogens with two attached hydrogens (primary N) is 1. The zero-order chi connectivity index (χ0) is 17.0. The molecule has 0 unspecified atom stereocenters. The van der Waals surface area contributed by atoms with E-state index in [0.29, 0.717) is 11.4 Å². The Labute approximate surface area is 138 Å². The van der Waals surface area contributed by atoms with Gasteiger partial charge in [-0.1, -0.05) is 19.1 Å². The first-order valence-corrected chi connectivity index (χ1v) is 8.11. The molecule has 0 aliphatic carbocycles. The molecule has 0 aliphatic heterocycles. The molecule has 0 aliphatic rings. The van der Waals surface area contributed by atoms with Crippen molar-refractivity contribution in [3.8, 4) is 17.2 Å². The van der Waals surface area contributed by atoms with Crippen LogP contribution in [0.2, 0.25) is 0 Å². The summed E-state index contributed by atoms with van der Waals surface area (Å²) in [6.07, 6.45) is 0.798. The van der Waals surface area contributed by atoms with E-state index < -0.39 is 0 Å². The van der Waals surface area contributed by atoms with Gasteiger partial charge in [-0.25, -0.2) is 4.98 Å². The first-order chi connectivity index (χ1) is 11.1. The van der Waals surface area contributed by atoms with Gasteiger partial charge in [-0.2, -0.15) is 5.26 Å². The summed E-state index contributed by atoms with van der Waals surface area (Å²) in [6.45, 7) is 10.3. The number of pyridine rings is 1. The third-order valence-electron chi connectivity index (χ3n) is 4.30. The highest BCUT2D eigenvalue weighted by Gasteiger charge is 2.16. The van der Waals surface area contributed by atoms with Gasteiger partial charge >= 0.3 is 0 Å². The summed E-state index contributed by atoms with van der Waals surface area (Å²) in [4.78, 5) is 6.66. The van der Waals surface area contributed by atoms with Crippen LogP contribution in [0.25, 0.3) is 11.1 Å². The molecule has 120 valence electrons. The predicted octanol–water partition coefficient (Wildman–Crippen LogP) is 3.92. The molecule has 2 aromatic rings. The lowest BCUT2D eigenvalue weighted by molar-refractivity contribution is 0.866. The lowest BCUT2D eigenvalue weighted by Crippen LogP contribution is -2.21. The maximum absolute atomic E-state index is 9.49. The maximum atomic E-state index is 9.49. The lowest BCUT2D eigenvalue weighted by Gasteiger charge is -2.21. The molecule has 0 saturated heterocycles. The van der Waals surface area contributed by atoms with Crippen LogP contribution in [0, 0.1) is 18.3 Å². The fraction of sp³-hybridized carbons (Fsp3) is 0.368. The lowest BCUT2D eigenvalue weighted by atomic mass is 9.94. The molecule has 4 heteroatoms. The molecule has 2 N–H and O–H groups in total. The van der Waals surface area contributed by atoms with Crippen LogP contribution < -0.4 is 10.6 Å². The summed E-state index contributed by atoms with van der Waals surface area (Å²) in [7, 11) is 0. The van der Waals surface area contributed by atoms with Crippen molar-refractivity contribution < 1.29 is 0 Å². The highest BCUT2D eigenvalue weighted by atomic mass is 15.1. The Morgan fingerprint density at radius 3 is 2.22 bits per heavy atom. The number of aryl methyl sites for hydroxylation is 1. The molecule has 2 rings (SSSR count). The monoisotopic (exact) mass is 308 g/mol. The largest absolute Gasteiger partial charge is 0.383 e. The molecule has 0 fully saturated rings. The Morgan fingerprint density at radius 2 is 1.74 bits per heavy atom. The topological polar surface area (TPSA) is 65.9 Å². The first-order valence-electron chi connectivity index (χ1n) is 8.11. The van der Waals surface area contributed by atoms with Crippen molar-refractivity contribution in [3.63, 3.8) is 0 Å². The summed E-state index contributed by atoms with van der Waals surface area (Å²) < 4.78 is 0. The number of anilines is 2. The van der Waals surface area contributed by atoms with Gasteiger partial charge in [0.15, 0.2) is 0 Å². The van der Waals surface area contributed by atoms with Crippen LogP contribution in [-0.2, 0) is 6.42 Å². The minimum atomic E-state index is 0.317. The molecule has 23 heavy (non-hydrogen) atoms. The molecule has 0 saturated carbocycles. The number of rotatable bonds is 5. The van der Waals surface area contributed by atoms with E-state index in [4.69, 9.17) is 5.73 Å². The molecule has 0 amide bonds. The maximum Gasteiger partial charge on any atom is 0.142 e. The molecule has 0 bridgehead atoms. The molecular weight excluding hydrogens is 284 g/mol. The first kappa shape index (κ1) is 16.8. The smallest absolute Gasteiger partial charge is 0.142 e. The Bertz CT molecular complexity index is 722. The fourth-order valence-electron chi connectivity index (χ4n) is 2.99. The molecule has 1 aromatic carbocycles. The van der Waals surface area contributed by atoms with Gasteiger partial charge in [-0.3, -0.25) is 0 Å². The molecule has 4 nitrogen and oxygen atoms in total. The predicted molar refractivity (Wildman–Crippen MR) is 96.5 cm³/mol. The summed E-state index contributed by atoms with van der Waals surface area (Å²) in [5.74, 6) is 0.317. The van der Waals surface area contributed by atoms with Gasteiger partial charge in [-0.15, -0.1) is 0 Å². The third-order valence-corrected chi connectivity index (χ3v) is 4.30. The second kappa shape index (κ2) is 7.15. The van der Waals surface area contributed by atoms with Gasteiger partial charge < -0.3 is 10.6 Å². The number of nitrogens with zero attached hydrogens (tertiary/aromatic N) is 3. The Balaban J connectivity index is 2.58. The molecule has 0 radical (unpaired) electrons. The highest BCUT2D eigenvalue weighted by Crippen LogP contribution is 2.33. The van der Waals surface area contributed by atoms with Gasteiger partial charge in [-0.05, 0) is 50.5 Å². The standard InChI is InChI=1S/C19H24N4/c1-5-17-13(4)18(16(12-20)19(21)22-17)14-8-10-15(11-9-14)23(6-2)7-3/h8-11H,5-7H2,1-4H3,(H2,21,22). The number of nitrogen functional groups attached to an aromatic ring is 1. The minimum absolute atomic E-state index is 0.317. The van der Waals surface area contributed by atoms with E-state index in [2.05, 4.69) is 54.1 Å². The van der Waals surface area contributed by atoms with E-state index in [1.807, 2.05) is 13.8 Å². The molecule has 0 spiro atoms. The average Bonchev–Trinajstić information content (AvgIpc) is 2.58. The Morgan fingerprint density at radius 1 is 1.13 bits per heavy atom. The van der Waals surface area contributed by atoms with Gasteiger partial charge in [0.2, 0.25) is 0 Å². The number of hydrogen-bond donors (Lipinski definition) is 1. The van der Waals surface area contributed by atoms with E-state index in [-0.39, 0.29) is 0 Å². The van der Waals surface area contributed by atoms with Crippen LogP contribution in [0.15, 0.2) is 24.3 Å². The van der Waals surface area contributed by atoms with Crippen molar-refractivity contribution >= 4 is 11.5 Å². The van der Waals surface area contributed by atoms with Crippen LogP contribution in [0.5, 0.6) is 0 Å². The zero-order valence-corrected chi connectivity index (χ0v) is 14.3. The van der Waals surface area contributed by atoms with E-state index in [1.165, 1.54) is 5.69 Å². The Kier molecular flexibility index (Phi) is 5.23. The Hall–Kier alpha value is -2.54. The average molecular weight is 308 g/mol. The summed E-state index contributed by atoms with van der Waals surface area (Å²) in [6, 6.07) is 10.6. The van der Waals surface area contributed by atoms with Crippen molar-refractivity contribution in [1.29, 1.82) is 5.26 Å². The second-order valence-corrected chi connectivity index (χ2v) is 5.50. The quantitative estimate of drug-likeness (QED) is 0.909. The van der Waals surface area contributed by atoms with Crippen LogP contribution in [0.1, 0.15) is 37.6 Å². The van der Waals surface area contributed by atoms with Crippen molar-refractivity contribution in [1.82, 2.24) is 4.98 Å². The van der Waals surface area contributed by atoms with E-state index in [9.17, 15) is 5.26 Å². The highest BCUT2D eigenvalue weighted by molar-refractivity contribution is 5.79. The van der Waals surface area contributed by atoms with Crippen LogP contribution in [-0.4, -0.2) is 18.1 Å². The third kappa shape index (κ3) is 3.14. The van der Waals surface area contributed by atoms with Crippen LogP contribution >= 0.6 is 0 Å². The SMILES string of the molecule is CCc1nc(N)c(C#N)c(-c2ccc(N(CC)CC)cc2)c1C. The normalized spacial score (nSPS) is 10.4. The van der Waals surface area contributed by atoms with Crippen LogP contribution in [0.3, 0.4) is 0 Å². The van der Waals surface area contributed by atoms with Crippen molar-refractivity contribution in [3.05, 3.63) is 41.1 Å². The van der Waals surface area contributed by atoms with E-state index in [0.717, 1.165) is 41.9 Å². The molecule has 1 heterocycles. The second-order valence-electron chi connectivity index (χ2n) is 5.50. The summed E-state index contributed by atoms with van der Waals surface area (Å²) >= 11 is 0. The van der Waals surface area contributed by atoms with Gasteiger partial charge in [0, 0.05) is 30.0 Å². The number of hydrogen-bond acceptors (Lipinski definition) is 4. The van der Waals surface area contributed by atoms with Crippen molar-refractivity contribution in [2.45, 2.75) is 34.1 Å². The number of aromatic nitrogens is 1. The van der Waals surface area contributed by atoms with Crippen LogP contribution in [0.4, 0.5) is 11.5 Å². The van der Waals surface area contributed by atoms with E-state index >= 15 is 0 Å².